The quantitative estimate of drug-likeness (QED) is 0.320. The number of halogens is 2. The topological polar surface area (TPSA) is 29.1 Å². The number of amides is 1. The van der Waals surface area contributed by atoms with Gasteiger partial charge >= 0.3 is 0 Å². The van der Waals surface area contributed by atoms with Crippen molar-refractivity contribution in [2.75, 3.05) is 30.9 Å². The lowest BCUT2D eigenvalue weighted by Crippen LogP contribution is -3.00. The number of nitrogens with one attached hydrogen (secondary N) is 1. The van der Waals surface area contributed by atoms with Crippen molar-refractivity contribution in [3.8, 4) is 0 Å². The maximum absolute atomic E-state index is 12.2. The molecule has 3 rings (SSSR count). The molecule has 156 valence electrons. The number of quaternary nitrogens is 1. The number of nitrogens with zero attached hydrogens (tertiary/aromatic N) is 1. The molecule has 3 nitrogen and oxygen atoms in total. The molecule has 0 saturated carbocycles. The van der Waals surface area contributed by atoms with E-state index in [9.17, 15) is 4.79 Å². The molecule has 29 heavy (non-hydrogen) atoms. The van der Waals surface area contributed by atoms with Crippen LogP contribution in [0.25, 0.3) is 6.08 Å². The van der Waals surface area contributed by atoms with Crippen molar-refractivity contribution in [3.05, 3.63) is 70.2 Å². The summed E-state index contributed by atoms with van der Waals surface area (Å²) in [5, 5.41) is 2.93. The molecule has 1 fully saturated rings. The maximum Gasteiger partial charge on any atom is 0.248 e. The Bertz CT molecular complexity index is 833. The van der Waals surface area contributed by atoms with E-state index < -0.39 is 0 Å². The summed E-state index contributed by atoms with van der Waals surface area (Å²) in [7, 11) is 4.67. The first-order valence-corrected chi connectivity index (χ1v) is 11.6. The van der Waals surface area contributed by atoms with Crippen LogP contribution < -0.4 is 29.3 Å². The zero-order valence-electron chi connectivity index (χ0n) is 16.9. The first kappa shape index (κ1) is 24.4. The van der Waals surface area contributed by atoms with Gasteiger partial charge in [-0.05, 0) is 47.4 Å². The van der Waals surface area contributed by atoms with Crippen LogP contribution in [0.1, 0.15) is 24.0 Å². The van der Waals surface area contributed by atoms with Gasteiger partial charge in [0.15, 0.2) is 0 Å². The summed E-state index contributed by atoms with van der Waals surface area (Å²) < 4.78 is 2.03. The summed E-state index contributed by atoms with van der Waals surface area (Å²) in [4.78, 5) is 12.2. The highest BCUT2D eigenvalue weighted by atomic mass is 127. The smallest absolute Gasteiger partial charge is 0.248 e. The van der Waals surface area contributed by atoms with Crippen molar-refractivity contribution < 1.29 is 33.3 Å². The average molecular weight is 587 g/mol. The zero-order chi connectivity index (χ0) is 20.0. The number of benzene rings is 2. The maximum atomic E-state index is 12.2. The zero-order valence-corrected chi connectivity index (χ0v) is 21.5. The standard InChI is InChI=1S/C23H27BrN2OS.HI/c1-26(2,22-12-14-28-15-13-22)17-19-6-9-21(10-7-19)25-23(27)11-8-18-4-3-5-20(24)16-18;/h3-11,16,22H,12-15,17H2,1-2H3;1H. The molecule has 1 saturated heterocycles. The molecule has 0 radical (unpaired) electrons. The van der Waals surface area contributed by atoms with Gasteiger partial charge in [-0.1, -0.05) is 40.2 Å². The van der Waals surface area contributed by atoms with Gasteiger partial charge in [0.2, 0.25) is 5.91 Å². The Morgan fingerprint density at radius 2 is 1.86 bits per heavy atom. The minimum absolute atomic E-state index is 0. The Labute approximate surface area is 204 Å². The van der Waals surface area contributed by atoms with Crippen LogP contribution in [0.4, 0.5) is 5.69 Å². The predicted molar refractivity (Wildman–Crippen MR) is 124 cm³/mol. The largest absolute Gasteiger partial charge is 1.00 e. The molecular formula is C23H28BrIN2OS. The van der Waals surface area contributed by atoms with Crippen molar-refractivity contribution in [2.24, 2.45) is 0 Å². The molecule has 2 aromatic rings. The number of carbonyl (C=O) groups excluding carboxylic acids is 1. The van der Waals surface area contributed by atoms with Crippen LogP contribution in [0, 0.1) is 0 Å². The highest BCUT2D eigenvalue weighted by Crippen LogP contribution is 2.27. The molecule has 6 heteroatoms. The van der Waals surface area contributed by atoms with Gasteiger partial charge in [0.1, 0.15) is 6.54 Å². The summed E-state index contributed by atoms with van der Waals surface area (Å²) in [6.07, 6.45) is 5.99. The number of thioether (sulfide) groups is 1. The summed E-state index contributed by atoms with van der Waals surface area (Å²) in [6.45, 7) is 1.02. The van der Waals surface area contributed by atoms with Gasteiger partial charge in [-0.15, -0.1) is 0 Å². The number of hydrogen-bond acceptors (Lipinski definition) is 2. The molecule has 0 bridgehead atoms. The Kier molecular flexibility index (Phi) is 9.72. The van der Waals surface area contributed by atoms with E-state index in [4.69, 9.17) is 0 Å². The lowest BCUT2D eigenvalue weighted by atomic mass is 10.1. The lowest BCUT2D eigenvalue weighted by Gasteiger charge is -2.40. The second-order valence-corrected chi connectivity index (χ2v) is 10.00. The lowest BCUT2D eigenvalue weighted by molar-refractivity contribution is -0.928. The van der Waals surface area contributed by atoms with E-state index in [-0.39, 0.29) is 29.9 Å². The minimum atomic E-state index is -0.122. The van der Waals surface area contributed by atoms with Crippen LogP contribution in [0.15, 0.2) is 59.1 Å². The van der Waals surface area contributed by atoms with Crippen LogP contribution in [-0.4, -0.2) is 42.0 Å². The van der Waals surface area contributed by atoms with Crippen molar-refractivity contribution >= 4 is 45.4 Å². The third kappa shape index (κ3) is 7.74. The molecule has 0 aliphatic carbocycles. The van der Waals surface area contributed by atoms with Crippen molar-refractivity contribution in [3.63, 3.8) is 0 Å². The molecule has 1 aliphatic heterocycles. The molecule has 0 spiro atoms. The molecule has 2 aromatic carbocycles. The third-order valence-electron chi connectivity index (χ3n) is 5.27. The number of carbonyl (C=O) groups is 1. The summed E-state index contributed by atoms with van der Waals surface area (Å²) in [6, 6.07) is 16.9. The van der Waals surface area contributed by atoms with E-state index in [1.807, 2.05) is 42.5 Å². The van der Waals surface area contributed by atoms with Crippen LogP contribution in [0.3, 0.4) is 0 Å². The fourth-order valence-electron chi connectivity index (χ4n) is 3.64. The molecule has 0 unspecified atom stereocenters. The molecule has 1 heterocycles. The Hall–Kier alpha value is -0.830. The number of anilines is 1. The first-order valence-electron chi connectivity index (χ1n) is 9.66. The Balaban J connectivity index is 0.00000300. The van der Waals surface area contributed by atoms with E-state index in [1.54, 1.807) is 6.08 Å². The first-order chi connectivity index (χ1) is 13.4. The van der Waals surface area contributed by atoms with E-state index >= 15 is 0 Å². The molecular weight excluding hydrogens is 559 g/mol. The Morgan fingerprint density at radius 1 is 1.17 bits per heavy atom. The fourth-order valence-corrected chi connectivity index (χ4v) is 5.14. The van der Waals surface area contributed by atoms with Gasteiger partial charge in [-0.2, -0.15) is 11.8 Å². The summed E-state index contributed by atoms with van der Waals surface area (Å²) in [5.74, 6) is 2.44. The summed E-state index contributed by atoms with van der Waals surface area (Å²) in [5.41, 5.74) is 3.12. The van der Waals surface area contributed by atoms with Crippen molar-refractivity contribution in [2.45, 2.75) is 25.4 Å². The molecule has 1 amide bonds. The predicted octanol–water partition coefficient (Wildman–Crippen LogP) is 2.58. The molecule has 1 aliphatic rings. The molecule has 1 N–H and O–H groups in total. The van der Waals surface area contributed by atoms with Crippen LogP contribution in [-0.2, 0) is 11.3 Å². The molecule has 0 aromatic heterocycles. The van der Waals surface area contributed by atoms with Crippen LogP contribution in [0.5, 0.6) is 0 Å². The van der Waals surface area contributed by atoms with Gasteiger partial charge in [0, 0.05) is 34.6 Å². The fraction of sp³-hybridized carbons (Fsp3) is 0.348. The van der Waals surface area contributed by atoms with Gasteiger partial charge in [0.05, 0.1) is 20.1 Å². The van der Waals surface area contributed by atoms with Crippen molar-refractivity contribution in [1.82, 2.24) is 0 Å². The third-order valence-corrected chi connectivity index (χ3v) is 6.81. The van der Waals surface area contributed by atoms with Gasteiger partial charge in [0.25, 0.3) is 0 Å². The van der Waals surface area contributed by atoms with E-state index in [1.165, 1.54) is 29.9 Å². The highest BCUT2D eigenvalue weighted by Gasteiger charge is 2.29. The van der Waals surface area contributed by atoms with Crippen LogP contribution in [0.2, 0.25) is 0 Å². The number of hydrogen-bond donors (Lipinski definition) is 1. The van der Waals surface area contributed by atoms with E-state index in [0.717, 1.165) is 32.8 Å². The minimum Gasteiger partial charge on any atom is -1.00 e. The van der Waals surface area contributed by atoms with E-state index in [0.29, 0.717) is 0 Å². The van der Waals surface area contributed by atoms with Gasteiger partial charge in [-0.25, -0.2) is 0 Å². The summed E-state index contributed by atoms with van der Waals surface area (Å²) >= 11 is 5.51. The normalized spacial score (nSPS) is 15.1. The Morgan fingerprint density at radius 3 is 2.52 bits per heavy atom. The monoisotopic (exact) mass is 586 g/mol. The average Bonchev–Trinajstić information content (AvgIpc) is 2.68. The second kappa shape index (κ2) is 11.5. The SMILES string of the molecule is C[N+](C)(Cc1ccc(NC(=O)C=Cc2cccc(Br)c2)cc1)C1CCSCC1.[I-]. The van der Waals surface area contributed by atoms with Crippen molar-refractivity contribution in [1.29, 1.82) is 0 Å². The second-order valence-electron chi connectivity index (χ2n) is 7.85. The van der Waals surface area contributed by atoms with Gasteiger partial charge in [-0.3, -0.25) is 4.79 Å². The highest BCUT2D eigenvalue weighted by molar-refractivity contribution is 9.10. The van der Waals surface area contributed by atoms with E-state index in [2.05, 4.69) is 59.2 Å². The van der Waals surface area contributed by atoms with Crippen LogP contribution >= 0.6 is 27.7 Å². The van der Waals surface area contributed by atoms with Gasteiger partial charge < -0.3 is 33.8 Å². The number of rotatable bonds is 6. The molecule has 0 atom stereocenters.